The SMILES string of the molecule is CCCc1cc(C(=O)NCCC2CCC2)cc(NN)n1. The van der Waals surface area contributed by atoms with Crippen molar-refractivity contribution in [3.05, 3.63) is 23.4 Å². The van der Waals surface area contributed by atoms with Crippen molar-refractivity contribution >= 4 is 11.7 Å². The third kappa shape index (κ3) is 3.93. The number of nitrogen functional groups attached to an aromatic ring is 1. The fourth-order valence-corrected chi connectivity index (χ4v) is 2.45. The Labute approximate surface area is 120 Å². The maximum absolute atomic E-state index is 12.1. The summed E-state index contributed by atoms with van der Waals surface area (Å²) in [7, 11) is 0. The van der Waals surface area contributed by atoms with Crippen molar-refractivity contribution in [3.8, 4) is 0 Å². The molecule has 0 aromatic carbocycles. The maximum Gasteiger partial charge on any atom is 0.251 e. The van der Waals surface area contributed by atoms with E-state index in [0.29, 0.717) is 11.4 Å². The van der Waals surface area contributed by atoms with Crippen LogP contribution in [0, 0.1) is 5.92 Å². The van der Waals surface area contributed by atoms with E-state index in [9.17, 15) is 4.79 Å². The number of amides is 1. The Hall–Kier alpha value is -1.62. The van der Waals surface area contributed by atoms with Crippen molar-refractivity contribution in [2.75, 3.05) is 12.0 Å². The van der Waals surface area contributed by atoms with Crippen LogP contribution in [0.4, 0.5) is 5.82 Å². The highest BCUT2D eigenvalue weighted by atomic mass is 16.1. The molecule has 0 radical (unpaired) electrons. The highest BCUT2D eigenvalue weighted by Gasteiger charge is 2.17. The minimum atomic E-state index is -0.0411. The van der Waals surface area contributed by atoms with E-state index < -0.39 is 0 Å². The molecule has 110 valence electrons. The quantitative estimate of drug-likeness (QED) is 0.527. The normalized spacial score (nSPS) is 14.7. The molecule has 1 heterocycles. The Morgan fingerprint density at radius 1 is 1.45 bits per heavy atom. The number of nitrogens with two attached hydrogens (primary N) is 1. The molecule has 0 spiro atoms. The number of pyridine rings is 1. The van der Waals surface area contributed by atoms with Gasteiger partial charge in [0.05, 0.1) is 0 Å². The van der Waals surface area contributed by atoms with Gasteiger partial charge in [-0.3, -0.25) is 4.79 Å². The monoisotopic (exact) mass is 276 g/mol. The minimum Gasteiger partial charge on any atom is -0.352 e. The van der Waals surface area contributed by atoms with Crippen molar-refractivity contribution in [1.82, 2.24) is 10.3 Å². The van der Waals surface area contributed by atoms with Crippen LogP contribution >= 0.6 is 0 Å². The van der Waals surface area contributed by atoms with Gasteiger partial charge in [-0.05, 0) is 30.9 Å². The summed E-state index contributed by atoms with van der Waals surface area (Å²) in [5, 5.41) is 2.98. The van der Waals surface area contributed by atoms with E-state index in [1.165, 1.54) is 19.3 Å². The smallest absolute Gasteiger partial charge is 0.251 e. The summed E-state index contributed by atoms with van der Waals surface area (Å²) in [5.41, 5.74) is 4.05. The average molecular weight is 276 g/mol. The van der Waals surface area contributed by atoms with Gasteiger partial charge in [-0.2, -0.15) is 0 Å². The lowest BCUT2D eigenvalue weighted by atomic mass is 9.83. The lowest BCUT2D eigenvalue weighted by Gasteiger charge is -2.25. The Morgan fingerprint density at radius 3 is 2.85 bits per heavy atom. The van der Waals surface area contributed by atoms with Crippen molar-refractivity contribution in [2.45, 2.75) is 45.4 Å². The van der Waals surface area contributed by atoms with Crippen molar-refractivity contribution in [3.63, 3.8) is 0 Å². The topological polar surface area (TPSA) is 80.0 Å². The third-order valence-corrected chi connectivity index (χ3v) is 3.86. The van der Waals surface area contributed by atoms with Crippen LogP contribution in [0.5, 0.6) is 0 Å². The van der Waals surface area contributed by atoms with E-state index in [0.717, 1.165) is 37.4 Å². The van der Waals surface area contributed by atoms with Gasteiger partial charge in [0.15, 0.2) is 0 Å². The van der Waals surface area contributed by atoms with Gasteiger partial charge in [0.25, 0.3) is 5.91 Å². The van der Waals surface area contributed by atoms with Gasteiger partial charge < -0.3 is 10.7 Å². The molecule has 1 fully saturated rings. The molecule has 1 aromatic heterocycles. The molecule has 1 saturated carbocycles. The molecule has 0 aliphatic heterocycles. The molecular weight excluding hydrogens is 252 g/mol. The number of rotatable bonds is 7. The van der Waals surface area contributed by atoms with Gasteiger partial charge in [-0.25, -0.2) is 10.8 Å². The van der Waals surface area contributed by atoms with Crippen LogP contribution in [0.3, 0.4) is 0 Å². The van der Waals surface area contributed by atoms with Gasteiger partial charge in [0.1, 0.15) is 5.82 Å². The lowest BCUT2D eigenvalue weighted by molar-refractivity contribution is 0.0949. The van der Waals surface area contributed by atoms with Crippen molar-refractivity contribution in [2.24, 2.45) is 11.8 Å². The zero-order valence-corrected chi connectivity index (χ0v) is 12.1. The highest BCUT2D eigenvalue weighted by molar-refractivity contribution is 5.94. The molecule has 1 aliphatic rings. The number of carbonyl (C=O) groups is 1. The van der Waals surface area contributed by atoms with E-state index in [4.69, 9.17) is 5.84 Å². The molecule has 0 bridgehead atoms. The second-order valence-corrected chi connectivity index (χ2v) is 5.47. The number of nitrogens with one attached hydrogen (secondary N) is 2. The van der Waals surface area contributed by atoms with E-state index in [1.807, 2.05) is 6.07 Å². The summed E-state index contributed by atoms with van der Waals surface area (Å²) in [6.45, 7) is 2.84. The van der Waals surface area contributed by atoms with E-state index in [1.54, 1.807) is 6.07 Å². The fraction of sp³-hybridized carbons (Fsp3) is 0.600. The van der Waals surface area contributed by atoms with Gasteiger partial charge >= 0.3 is 0 Å². The van der Waals surface area contributed by atoms with Crippen molar-refractivity contribution < 1.29 is 4.79 Å². The zero-order chi connectivity index (χ0) is 14.4. The summed E-state index contributed by atoms with van der Waals surface area (Å²) in [5.74, 6) is 6.72. The molecule has 0 saturated heterocycles. The first-order chi connectivity index (χ1) is 9.72. The van der Waals surface area contributed by atoms with Crippen LogP contribution in [-0.4, -0.2) is 17.4 Å². The summed E-state index contributed by atoms with van der Waals surface area (Å²) in [4.78, 5) is 16.5. The summed E-state index contributed by atoms with van der Waals surface area (Å²) < 4.78 is 0. The first-order valence-corrected chi connectivity index (χ1v) is 7.48. The van der Waals surface area contributed by atoms with Gasteiger partial charge in [0, 0.05) is 17.8 Å². The first kappa shape index (κ1) is 14.8. The third-order valence-electron chi connectivity index (χ3n) is 3.86. The molecule has 2 rings (SSSR count). The Balaban J connectivity index is 1.94. The summed E-state index contributed by atoms with van der Waals surface area (Å²) >= 11 is 0. The Morgan fingerprint density at radius 2 is 2.25 bits per heavy atom. The van der Waals surface area contributed by atoms with Crippen LogP contribution in [0.1, 0.15) is 55.1 Å². The van der Waals surface area contributed by atoms with E-state index >= 15 is 0 Å². The zero-order valence-electron chi connectivity index (χ0n) is 12.1. The molecule has 0 atom stereocenters. The maximum atomic E-state index is 12.1. The summed E-state index contributed by atoms with van der Waals surface area (Å²) in [6.07, 6.45) is 6.89. The van der Waals surface area contributed by atoms with Gasteiger partial charge in [-0.15, -0.1) is 0 Å². The van der Waals surface area contributed by atoms with E-state index in [-0.39, 0.29) is 5.91 Å². The number of aryl methyl sites for hydroxylation is 1. The van der Waals surface area contributed by atoms with Crippen LogP contribution < -0.4 is 16.6 Å². The summed E-state index contributed by atoms with van der Waals surface area (Å²) in [6, 6.07) is 3.54. The van der Waals surface area contributed by atoms with Crippen molar-refractivity contribution in [1.29, 1.82) is 0 Å². The predicted octanol–water partition coefficient (Wildman–Crippen LogP) is 2.24. The molecule has 0 unspecified atom stereocenters. The van der Waals surface area contributed by atoms with E-state index in [2.05, 4.69) is 22.7 Å². The Kier molecular flexibility index (Phi) is 5.35. The molecule has 4 N–H and O–H groups in total. The first-order valence-electron chi connectivity index (χ1n) is 7.48. The number of hydrazine groups is 1. The number of carbonyl (C=O) groups excluding carboxylic acids is 1. The molecular formula is C15H24N4O. The average Bonchev–Trinajstić information content (AvgIpc) is 2.41. The molecule has 20 heavy (non-hydrogen) atoms. The second-order valence-electron chi connectivity index (χ2n) is 5.47. The van der Waals surface area contributed by atoms with Crippen LogP contribution in [0.15, 0.2) is 12.1 Å². The number of aromatic nitrogens is 1. The molecule has 1 aliphatic carbocycles. The molecule has 1 aromatic rings. The standard InChI is InChI=1S/C15H24N4O/c1-2-4-13-9-12(10-14(18-13)19-16)15(20)17-8-7-11-5-3-6-11/h9-11H,2-8,16H2,1H3,(H,17,20)(H,18,19). The number of nitrogens with zero attached hydrogens (tertiary/aromatic N) is 1. The van der Waals surface area contributed by atoms with Crippen LogP contribution in [0.2, 0.25) is 0 Å². The second kappa shape index (κ2) is 7.24. The lowest BCUT2D eigenvalue weighted by Crippen LogP contribution is -2.27. The van der Waals surface area contributed by atoms with Crippen LogP contribution in [-0.2, 0) is 6.42 Å². The van der Waals surface area contributed by atoms with Crippen LogP contribution in [0.25, 0.3) is 0 Å². The van der Waals surface area contributed by atoms with Gasteiger partial charge in [-0.1, -0.05) is 32.6 Å². The molecule has 5 heteroatoms. The highest BCUT2D eigenvalue weighted by Crippen LogP contribution is 2.28. The van der Waals surface area contributed by atoms with Gasteiger partial charge in [0.2, 0.25) is 0 Å². The predicted molar refractivity (Wildman–Crippen MR) is 80.3 cm³/mol. The largest absolute Gasteiger partial charge is 0.352 e. The Bertz CT molecular complexity index is 457. The minimum absolute atomic E-state index is 0.0411. The molecule has 5 nitrogen and oxygen atoms in total. The molecule has 1 amide bonds. The number of hydrogen-bond donors (Lipinski definition) is 3. The number of anilines is 1. The fourth-order valence-electron chi connectivity index (χ4n) is 2.45. The number of hydrogen-bond acceptors (Lipinski definition) is 4.